The molecule has 2 aliphatic rings. The Hall–Kier alpha value is -1.39. The first kappa shape index (κ1) is 16.5. The second-order valence-electron chi connectivity index (χ2n) is 6.99. The van der Waals surface area contributed by atoms with Crippen LogP contribution in [0.4, 0.5) is 5.69 Å². The summed E-state index contributed by atoms with van der Waals surface area (Å²) in [7, 11) is 0. The molecular formula is C19H29N3O. The summed E-state index contributed by atoms with van der Waals surface area (Å²) in [4.78, 5) is 16.4. The lowest BCUT2D eigenvalue weighted by molar-refractivity contribution is -0.114. The fourth-order valence-corrected chi connectivity index (χ4v) is 3.94. The fourth-order valence-electron chi connectivity index (χ4n) is 3.94. The van der Waals surface area contributed by atoms with Crippen LogP contribution in [0.5, 0.6) is 0 Å². The molecule has 0 aromatic heterocycles. The Kier molecular flexibility index (Phi) is 5.68. The third-order valence-electron chi connectivity index (χ3n) is 5.12. The van der Waals surface area contributed by atoms with Crippen LogP contribution in [0.25, 0.3) is 0 Å². The van der Waals surface area contributed by atoms with Gasteiger partial charge in [0.05, 0.1) is 0 Å². The number of piperidine rings is 2. The van der Waals surface area contributed by atoms with Crippen molar-refractivity contribution in [1.82, 2.24) is 9.80 Å². The summed E-state index contributed by atoms with van der Waals surface area (Å²) in [6, 6.07) is 9.03. The Morgan fingerprint density at radius 2 is 1.87 bits per heavy atom. The number of hydrogen-bond donors (Lipinski definition) is 1. The monoisotopic (exact) mass is 315 g/mol. The molecule has 2 fully saturated rings. The first-order valence-corrected chi connectivity index (χ1v) is 9.03. The molecule has 1 amide bonds. The Morgan fingerprint density at radius 3 is 2.57 bits per heavy atom. The van der Waals surface area contributed by atoms with Gasteiger partial charge in [0.2, 0.25) is 5.91 Å². The largest absolute Gasteiger partial charge is 0.326 e. The molecule has 2 heterocycles. The van der Waals surface area contributed by atoms with Crippen molar-refractivity contribution in [2.75, 3.05) is 31.5 Å². The Labute approximate surface area is 139 Å². The second-order valence-corrected chi connectivity index (χ2v) is 6.99. The summed E-state index contributed by atoms with van der Waals surface area (Å²) in [6.45, 7) is 7.53. The molecule has 126 valence electrons. The van der Waals surface area contributed by atoms with Gasteiger partial charge in [0.25, 0.3) is 0 Å². The highest BCUT2D eigenvalue weighted by Gasteiger charge is 2.25. The number of benzene rings is 1. The molecular weight excluding hydrogens is 286 g/mol. The van der Waals surface area contributed by atoms with Crippen LogP contribution >= 0.6 is 0 Å². The summed E-state index contributed by atoms with van der Waals surface area (Å²) in [6.07, 6.45) is 6.78. The van der Waals surface area contributed by atoms with Gasteiger partial charge in [-0.05, 0) is 69.6 Å². The van der Waals surface area contributed by atoms with Crippen molar-refractivity contribution in [3.05, 3.63) is 29.8 Å². The molecule has 2 saturated heterocycles. The van der Waals surface area contributed by atoms with Gasteiger partial charge >= 0.3 is 0 Å². The number of nitrogens with zero attached hydrogens (tertiary/aromatic N) is 2. The van der Waals surface area contributed by atoms with Crippen molar-refractivity contribution < 1.29 is 4.79 Å². The molecule has 0 atom stereocenters. The summed E-state index contributed by atoms with van der Waals surface area (Å²) in [5.41, 5.74) is 2.19. The van der Waals surface area contributed by atoms with Crippen molar-refractivity contribution in [3.63, 3.8) is 0 Å². The molecule has 0 radical (unpaired) electrons. The topological polar surface area (TPSA) is 35.6 Å². The highest BCUT2D eigenvalue weighted by Crippen LogP contribution is 2.22. The van der Waals surface area contributed by atoms with Crippen LogP contribution in [0.2, 0.25) is 0 Å². The maximum atomic E-state index is 11.2. The van der Waals surface area contributed by atoms with E-state index in [-0.39, 0.29) is 5.91 Å². The van der Waals surface area contributed by atoms with Gasteiger partial charge in [0.15, 0.2) is 0 Å². The van der Waals surface area contributed by atoms with E-state index in [2.05, 4.69) is 27.2 Å². The van der Waals surface area contributed by atoms with E-state index in [1.54, 1.807) is 6.92 Å². The van der Waals surface area contributed by atoms with E-state index < -0.39 is 0 Å². The molecule has 23 heavy (non-hydrogen) atoms. The van der Waals surface area contributed by atoms with E-state index in [1.807, 2.05) is 12.1 Å². The fraction of sp³-hybridized carbons (Fsp3) is 0.632. The quantitative estimate of drug-likeness (QED) is 0.927. The molecule has 3 rings (SSSR count). The van der Waals surface area contributed by atoms with Crippen molar-refractivity contribution in [3.8, 4) is 0 Å². The average molecular weight is 315 g/mol. The van der Waals surface area contributed by atoms with Gasteiger partial charge in [0.1, 0.15) is 0 Å². The Bertz CT molecular complexity index is 517. The van der Waals surface area contributed by atoms with Gasteiger partial charge < -0.3 is 10.2 Å². The molecule has 2 aliphatic heterocycles. The maximum Gasteiger partial charge on any atom is 0.221 e. The summed E-state index contributed by atoms with van der Waals surface area (Å²) in [5.74, 6) is -0.00973. The normalized spacial score (nSPS) is 21.3. The van der Waals surface area contributed by atoms with E-state index in [0.717, 1.165) is 18.3 Å². The predicted octanol–water partition coefficient (Wildman–Crippen LogP) is 3.10. The summed E-state index contributed by atoms with van der Waals surface area (Å²) >= 11 is 0. The van der Waals surface area contributed by atoms with E-state index in [0.29, 0.717) is 0 Å². The van der Waals surface area contributed by atoms with Crippen LogP contribution in [0.3, 0.4) is 0 Å². The summed E-state index contributed by atoms with van der Waals surface area (Å²) in [5, 5.41) is 2.87. The summed E-state index contributed by atoms with van der Waals surface area (Å²) < 4.78 is 0. The minimum atomic E-state index is -0.00973. The SMILES string of the molecule is CC(=O)Nc1cccc(CN2CCC(N3CCCCC3)CC2)c1. The van der Waals surface area contributed by atoms with Crippen LogP contribution < -0.4 is 5.32 Å². The lowest BCUT2D eigenvalue weighted by Gasteiger charge is -2.40. The van der Waals surface area contributed by atoms with Gasteiger partial charge in [-0.2, -0.15) is 0 Å². The van der Waals surface area contributed by atoms with Gasteiger partial charge in [0, 0.05) is 25.2 Å². The average Bonchev–Trinajstić information content (AvgIpc) is 2.56. The molecule has 0 spiro atoms. The zero-order valence-electron chi connectivity index (χ0n) is 14.3. The smallest absolute Gasteiger partial charge is 0.221 e. The van der Waals surface area contributed by atoms with E-state index in [1.165, 1.54) is 63.8 Å². The lowest BCUT2D eigenvalue weighted by atomic mass is 9.99. The number of carbonyl (C=O) groups excluding carboxylic acids is 1. The van der Waals surface area contributed by atoms with E-state index in [4.69, 9.17) is 0 Å². The van der Waals surface area contributed by atoms with Gasteiger partial charge in [-0.15, -0.1) is 0 Å². The molecule has 0 saturated carbocycles. The molecule has 0 bridgehead atoms. The lowest BCUT2D eigenvalue weighted by Crippen LogP contribution is -2.46. The number of anilines is 1. The first-order chi connectivity index (χ1) is 11.2. The highest BCUT2D eigenvalue weighted by atomic mass is 16.1. The third-order valence-corrected chi connectivity index (χ3v) is 5.12. The predicted molar refractivity (Wildman–Crippen MR) is 94.5 cm³/mol. The number of rotatable bonds is 4. The van der Waals surface area contributed by atoms with Gasteiger partial charge in [-0.3, -0.25) is 9.69 Å². The molecule has 0 unspecified atom stereocenters. The third kappa shape index (κ3) is 4.79. The number of carbonyl (C=O) groups is 1. The number of likely N-dealkylation sites (tertiary alicyclic amines) is 2. The van der Waals surface area contributed by atoms with Crippen LogP contribution in [-0.2, 0) is 11.3 Å². The minimum absolute atomic E-state index is 0.00973. The maximum absolute atomic E-state index is 11.2. The van der Waals surface area contributed by atoms with E-state index in [9.17, 15) is 4.79 Å². The van der Waals surface area contributed by atoms with Crippen LogP contribution in [0, 0.1) is 0 Å². The van der Waals surface area contributed by atoms with Crippen molar-refractivity contribution in [1.29, 1.82) is 0 Å². The molecule has 4 nitrogen and oxygen atoms in total. The van der Waals surface area contributed by atoms with Crippen LogP contribution in [0.15, 0.2) is 24.3 Å². The van der Waals surface area contributed by atoms with Crippen LogP contribution in [0.1, 0.15) is 44.6 Å². The van der Waals surface area contributed by atoms with Crippen molar-refractivity contribution in [2.45, 2.75) is 51.6 Å². The second kappa shape index (κ2) is 7.93. The van der Waals surface area contributed by atoms with Crippen LogP contribution in [-0.4, -0.2) is 47.9 Å². The number of nitrogens with one attached hydrogen (secondary N) is 1. The Morgan fingerprint density at radius 1 is 1.13 bits per heavy atom. The zero-order valence-corrected chi connectivity index (χ0v) is 14.3. The van der Waals surface area contributed by atoms with Crippen molar-refractivity contribution in [2.24, 2.45) is 0 Å². The standard InChI is InChI=1S/C19H29N3O/c1-16(23)20-18-7-5-6-17(14-18)15-21-12-8-19(9-13-21)22-10-3-2-4-11-22/h5-7,14,19H,2-4,8-13,15H2,1H3,(H,20,23). The molecule has 4 heteroatoms. The van der Waals surface area contributed by atoms with Crippen molar-refractivity contribution >= 4 is 11.6 Å². The molecule has 0 aliphatic carbocycles. The Balaban J connectivity index is 1.49. The highest BCUT2D eigenvalue weighted by molar-refractivity contribution is 5.88. The minimum Gasteiger partial charge on any atom is -0.326 e. The first-order valence-electron chi connectivity index (χ1n) is 9.03. The van der Waals surface area contributed by atoms with Gasteiger partial charge in [-0.25, -0.2) is 0 Å². The molecule has 1 N–H and O–H groups in total. The zero-order chi connectivity index (χ0) is 16.1. The number of amides is 1. The molecule has 1 aromatic carbocycles. The van der Waals surface area contributed by atoms with E-state index >= 15 is 0 Å². The number of hydrogen-bond acceptors (Lipinski definition) is 3. The van der Waals surface area contributed by atoms with Gasteiger partial charge in [-0.1, -0.05) is 18.6 Å². The molecule has 1 aromatic rings.